The van der Waals surface area contributed by atoms with Gasteiger partial charge in [-0.05, 0) is 76.2 Å². The van der Waals surface area contributed by atoms with Gasteiger partial charge in [-0.3, -0.25) is 4.68 Å². The summed E-state index contributed by atoms with van der Waals surface area (Å²) in [6, 6.07) is 2.78. The SMILES string of the molecule is C[C@H]1Cn2nc(C34CCC(COC5CCCCO5)(CC3)CC4)cc2-c2cncn21. The van der Waals surface area contributed by atoms with E-state index in [1.165, 1.54) is 68.4 Å². The third kappa shape index (κ3) is 2.90. The maximum absolute atomic E-state index is 6.24. The molecule has 6 heteroatoms. The number of rotatable bonds is 4. The number of hydrogen-bond acceptors (Lipinski definition) is 4. The Balaban J connectivity index is 1.19. The summed E-state index contributed by atoms with van der Waals surface area (Å²) in [7, 11) is 0. The first-order valence-corrected chi connectivity index (χ1v) is 11.5. The molecule has 0 amide bonds. The normalized spacial score (nSPS) is 36.0. The minimum absolute atomic E-state index is 0.0402. The molecule has 6 nitrogen and oxygen atoms in total. The quantitative estimate of drug-likeness (QED) is 0.766. The highest BCUT2D eigenvalue weighted by Gasteiger charge is 2.51. The van der Waals surface area contributed by atoms with Gasteiger partial charge >= 0.3 is 0 Å². The van der Waals surface area contributed by atoms with Crippen LogP contribution in [0.25, 0.3) is 11.4 Å². The molecule has 1 saturated heterocycles. The molecule has 2 aromatic rings. The van der Waals surface area contributed by atoms with Crippen LogP contribution >= 0.6 is 0 Å². The van der Waals surface area contributed by atoms with Crippen molar-refractivity contribution in [3.05, 3.63) is 24.3 Å². The molecule has 2 atom stereocenters. The lowest BCUT2D eigenvalue weighted by Gasteiger charge is -2.53. The van der Waals surface area contributed by atoms with Crippen molar-refractivity contribution in [3.8, 4) is 11.4 Å². The molecule has 3 saturated carbocycles. The Morgan fingerprint density at radius 2 is 1.97 bits per heavy atom. The summed E-state index contributed by atoms with van der Waals surface area (Å²) in [5, 5.41) is 5.14. The summed E-state index contributed by atoms with van der Waals surface area (Å²) in [4.78, 5) is 4.39. The van der Waals surface area contributed by atoms with Crippen LogP contribution in [0.15, 0.2) is 18.6 Å². The zero-order chi connectivity index (χ0) is 19.5. The smallest absolute Gasteiger partial charge is 0.157 e. The Kier molecular flexibility index (Phi) is 4.17. The molecule has 0 N–H and O–H groups in total. The fraction of sp³-hybridized carbons (Fsp3) is 0.739. The molecule has 0 radical (unpaired) electrons. The zero-order valence-corrected chi connectivity index (χ0v) is 17.5. The number of ether oxygens (including phenoxy) is 2. The highest BCUT2D eigenvalue weighted by Crippen LogP contribution is 2.58. The first kappa shape index (κ1) is 18.1. The fourth-order valence-corrected chi connectivity index (χ4v) is 6.19. The van der Waals surface area contributed by atoms with Gasteiger partial charge in [0.05, 0.1) is 48.8 Å². The van der Waals surface area contributed by atoms with E-state index in [0.717, 1.165) is 26.2 Å². The van der Waals surface area contributed by atoms with Crippen LogP contribution in [0.3, 0.4) is 0 Å². The van der Waals surface area contributed by atoms with E-state index in [9.17, 15) is 0 Å². The van der Waals surface area contributed by atoms with Gasteiger partial charge in [0.25, 0.3) is 0 Å². The van der Waals surface area contributed by atoms with Crippen LogP contribution in [0.2, 0.25) is 0 Å². The van der Waals surface area contributed by atoms with Crippen molar-refractivity contribution in [2.24, 2.45) is 5.41 Å². The molecule has 2 aliphatic heterocycles. The molecule has 4 fully saturated rings. The lowest BCUT2D eigenvalue weighted by Crippen LogP contribution is -2.47. The molecule has 3 aliphatic carbocycles. The highest BCUT2D eigenvalue weighted by atomic mass is 16.7. The van der Waals surface area contributed by atoms with Gasteiger partial charge in [0.2, 0.25) is 0 Å². The van der Waals surface area contributed by atoms with Gasteiger partial charge in [0.1, 0.15) is 0 Å². The lowest BCUT2D eigenvalue weighted by molar-refractivity contribution is -0.188. The van der Waals surface area contributed by atoms with E-state index in [4.69, 9.17) is 14.6 Å². The summed E-state index contributed by atoms with van der Waals surface area (Å²) in [5.41, 5.74) is 4.40. The number of hydrogen-bond donors (Lipinski definition) is 0. The van der Waals surface area contributed by atoms with Gasteiger partial charge in [-0.25, -0.2) is 4.98 Å². The molecule has 29 heavy (non-hydrogen) atoms. The maximum Gasteiger partial charge on any atom is 0.157 e. The Labute approximate surface area is 172 Å². The second-order valence-electron chi connectivity index (χ2n) is 10.0. The van der Waals surface area contributed by atoms with Gasteiger partial charge in [-0.2, -0.15) is 5.10 Å². The van der Waals surface area contributed by atoms with Crippen LogP contribution in [-0.4, -0.2) is 38.8 Å². The second kappa shape index (κ2) is 6.67. The molecule has 2 aromatic heterocycles. The van der Waals surface area contributed by atoms with Crippen molar-refractivity contribution in [2.45, 2.75) is 89.0 Å². The third-order valence-electron chi connectivity index (χ3n) is 8.28. The second-order valence-corrected chi connectivity index (χ2v) is 10.0. The predicted octanol–water partition coefficient (Wildman–Crippen LogP) is 4.46. The van der Waals surface area contributed by atoms with Crippen LogP contribution in [-0.2, 0) is 21.4 Å². The zero-order valence-electron chi connectivity index (χ0n) is 17.5. The third-order valence-corrected chi connectivity index (χ3v) is 8.28. The number of imidazole rings is 1. The molecular weight excluding hydrogens is 364 g/mol. The predicted molar refractivity (Wildman–Crippen MR) is 110 cm³/mol. The van der Waals surface area contributed by atoms with Crippen molar-refractivity contribution in [2.75, 3.05) is 13.2 Å². The molecule has 4 heterocycles. The molecule has 156 valence electrons. The van der Waals surface area contributed by atoms with Gasteiger partial charge in [-0.1, -0.05) is 0 Å². The van der Waals surface area contributed by atoms with Gasteiger partial charge < -0.3 is 14.0 Å². The maximum atomic E-state index is 6.24. The van der Waals surface area contributed by atoms with Gasteiger partial charge in [0, 0.05) is 12.0 Å². The Morgan fingerprint density at radius 3 is 2.72 bits per heavy atom. The van der Waals surface area contributed by atoms with Crippen LogP contribution in [0, 0.1) is 5.41 Å². The Morgan fingerprint density at radius 1 is 1.14 bits per heavy atom. The van der Waals surface area contributed by atoms with Crippen molar-refractivity contribution in [1.29, 1.82) is 0 Å². The number of fused-ring (bicyclic) bond motifs is 6. The summed E-state index contributed by atoms with van der Waals surface area (Å²) in [6.07, 6.45) is 15.0. The Bertz CT molecular complexity index is 870. The first-order chi connectivity index (χ1) is 14.2. The average Bonchev–Trinajstić information content (AvgIpc) is 3.42. The summed E-state index contributed by atoms with van der Waals surface area (Å²) in [5.74, 6) is 0. The van der Waals surface area contributed by atoms with E-state index in [1.807, 2.05) is 12.5 Å². The number of aromatic nitrogens is 4. The van der Waals surface area contributed by atoms with Crippen LogP contribution < -0.4 is 0 Å². The molecule has 1 unspecified atom stereocenters. The molecule has 2 bridgehead atoms. The van der Waals surface area contributed by atoms with E-state index in [0.29, 0.717) is 11.5 Å². The van der Waals surface area contributed by atoms with E-state index >= 15 is 0 Å². The molecule has 0 spiro atoms. The largest absolute Gasteiger partial charge is 0.353 e. The summed E-state index contributed by atoms with van der Waals surface area (Å²) < 4.78 is 16.5. The molecule has 0 aromatic carbocycles. The fourth-order valence-electron chi connectivity index (χ4n) is 6.19. The monoisotopic (exact) mass is 396 g/mol. The van der Waals surface area contributed by atoms with Crippen LogP contribution in [0.5, 0.6) is 0 Å². The summed E-state index contributed by atoms with van der Waals surface area (Å²) >= 11 is 0. The molecule has 5 aliphatic rings. The lowest BCUT2D eigenvalue weighted by atomic mass is 9.53. The van der Waals surface area contributed by atoms with Crippen molar-refractivity contribution < 1.29 is 9.47 Å². The first-order valence-electron chi connectivity index (χ1n) is 11.5. The molecule has 7 rings (SSSR count). The van der Waals surface area contributed by atoms with Crippen molar-refractivity contribution >= 4 is 0 Å². The Hall–Kier alpha value is -1.66. The van der Waals surface area contributed by atoms with Crippen molar-refractivity contribution in [1.82, 2.24) is 19.3 Å². The summed E-state index contributed by atoms with van der Waals surface area (Å²) in [6.45, 7) is 4.93. The highest BCUT2D eigenvalue weighted by molar-refractivity contribution is 5.57. The molecular formula is C23H32N4O2. The minimum atomic E-state index is 0.0402. The van der Waals surface area contributed by atoms with Crippen LogP contribution in [0.1, 0.15) is 76.4 Å². The van der Waals surface area contributed by atoms with Gasteiger partial charge in [0.15, 0.2) is 6.29 Å². The van der Waals surface area contributed by atoms with E-state index in [1.54, 1.807) is 0 Å². The van der Waals surface area contributed by atoms with E-state index in [2.05, 4.69) is 27.2 Å². The van der Waals surface area contributed by atoms with E-state index in [-0.39, 0.29) is 11.7 Å². The van der Waals surface area contributed by atoms with E-state index < -0.39 is 0 Å². The minimum Gasteiger partial charge on any atom is -0.353 e. The van der Waals surface area contributed by atoms with Crippen LogP contribution in [0.4, 0.5) is 0 Å². The average molecular weight is 397 g/mol. The number of nitrogens with zero attached hydrogens (tertiary/aromatic N) is 4. The topological polar surface area (TPSA) is 54.1 Å². The van der Waals surface area contributed by atoms with Gasteiger partial charge in [-0.15, -0.1) is 0 Å². The standard InChI is InChI=1S/C23H32N4O2/c1-17-14-27-18(19-13-24-16-26(17)19)12-20(25-27)23-8-5-22(6-9-23,7-10-23)15-29-21-4-2-3-11-28-21/h12-13,16-17,21H,2-11,14-15H2,1H3/t17-,21?,22?,23?/m0/s1. The van der Waals surface area contributed by atoms with Crippen molar-refractivity contribution in [3.63, 3.8) is 0 Å².